The molecule has 1 fully saturated rings. The summed E-state index contributed by atoms with van der Waals surface area (Å²) in [4.78, 5) is 12.1. The van der Waals surface area contributed by atoms with Gasteiger partial charge in [-0.3, -0.25) is 4.79 Å². The highest BCUT2D eigenvalue weighted by atomic mass is 16.5. The molecule has 0 aliphatic heterocycles. The topological polar surface area (TPSA) is 47.6 Å². The van der Waals surface area contributed by atoms with Crippen molar-refractivity contribution < 1.29 is 14.3 Å². The van der Waals surface area contributed by atoms with Gasteiger partial charge in [-0.1, -0.05) is 12.1 Å². The second kappa shape index (κ2) is 8.18. The predicted molar refractivity (Wildman–Crippen MR) is 87.2 cm³/mol. The minimum Gasteiger partial charge on any atom is -0.497 e. The van der Waals surface area contributed by atoms with Gasteiger partial charge >= 0.3 is 0 Å². The Bertz CT molecular complexity index is 466. The van der Waals surface area contributed by atoms with Crippen molar-refractivity contribution in [2.75, 3.05) is 20.3 Å². The molecule has 0 saturated heterocycles. The number of nitrogens with one attached hydrogen (secondary N) is 1. The fourth-order valence-electron chi connectivity index (χ4n) is 2.66. The first kappa shape index (κ1) is 16.8. The van der Waals surface area contributed by atoms with Crippen molar-refractivity contribution in [1.29, 1.82) is 0 Å². The zero-order chi connectivity index (χ0) is 15.9. The van der Waals surface area contributed by atoms with Gasteiger partial charge in [-0.25, -0.2) is 0 Å². The third-order valence-electron chi connectivity index (χ3n) is 4.02. The SMILES string of the molecule is COc1ccc(C(CC(=O)NCCOC(C)C)C2CC2)cc1. The number of ether oxygens (including phenoxy) is 2. The molecule has 1 amide bonds. The summed E-state index contributed by atoms with van der Waals surface area (Å²) in [5.74, 6) is 1.93. The molecule has 1 saturated carbocycles. The molecule has 0 bridgehead atoms. The lowest BCUT2D eigenvalue weighted by atomic mass is 9.90. The number of carbonyl (C=O) groups excluding carboxylic acids is 1. The van der Waals surface area contributed by atoms with Crippen molar-refractivity contribution in [3.8, 4) is 5.75 Å². The van der Waals surface area contributed by atoms with E-state index < -0.39 is 0 Å². The fraction of sp³-hybridized carbons (Fsp3) is 0.611. The molecule has 1 aliphatic carbocycles. The zero-order valence-electron chi connectivity index (χ0n) is 13.8. The molecule has 22 heavy (non-hydrogen) atoms. The molecular weight excluding hydrogens is 278 g/mol. The smallest absolute Gasteiger partial charge is 0.220 e. The Morgan fingerprint density at radius 1 is 1.27 bits per heavy atom. The van der Waals surface area contributed by atoms with Gasteiger partial charge in [-0.15, -0.1) is 0 Å². The Hall–Kier alpha value is -1.55. The summed E-state index contributed by atoms with van der Waals surface area (Å²) in [5, 5.41) is 2.95. The van der Waals surface area contributed by atoms with Crippen LogP contribution in [0.5, 0.6) is 5.75 Å². The highest BCUT2D eigenvalue weighted by Gasteiger charge is 2.33. The molecule has 0 spiro atoms. The average molecular weight is 305 g/mol. The molecular formula is C18H27NO3. The van der Waals surface area contributed by atoms with Crippen molar-refractivity contribution in [3.05, 3.63) is 29.8 Å². The zero-order valence-corrected chi connectivity index (χ0v) is 13.8. The summed E-state index contributed by atoms with van der Waals surface area (Å²) in [6.07, 6.45) is 3.20. The highest BCUT2D eigenvalue weighted by Crippen LogP contribution is 2.44. The summed E-state index contributed by atoms with van der Waals surface area (Å²) < 4.78 is 10.6. The van der Waals surface area contributed by atoms with Gasteiger partial charge < -0.3 is 14.8 Å². The van der Waals surface area contributed by atoms with Gasteiger partial charge in [0.25, 0.3) is 0 Å². The number of benzene rings is 1. The fourth-order valence-corrected chi connectivity index (χ4v) is 2.66. The van der Waals surface area contributed by atoms with Crippen LogP contribution in [-0.4, -0.2) is 32.3 Å². The van der Waals surface area contributed by atoms with Crippen LogP contribution in [0.3, 0.4) is 0 Å². The van der Waals surface area contributed by atoms with Crippen LogP contribution in [0.15, 0.2) is 24.3 Å². The highest BCUT2D eigenvalue weighted by molar-refractivity contribution is 5.77. The molecule has 1 aromatic carbocycles. The summed E-state index contributed by atoms with van der Waals surface area (Å²) in [5.41, 5.74) is 1.23. The number of hydrogen-bond acceptors (Lipinski definition) is 3. The maximum absolute atomic E-state index is 12.1. The van der Waals surface area contributed by atoms with E-state index in [9.17, 15) is 4.79 Å². The van der Waals surface area contributed by atoms with E-state index in [0.29, 0.717) is 31.4 Å². The Morgan fingerprint density at radius 2 is 1.95 bits per heavy atom. The first-order chi connectivity index (χ1) is 10.6. The van der Waals surface area contributed by atoms with E-state index in [1.807, 2.05) is 26.0 Å². The number of rotatable bonds is 9. The predicted octanol–water partition coefficient (Wildman–Crippen LogP) is 3.12. The van der Waals surface area contributed by atoms with Crippen molar-refractivity contribution >= 4 is 5.91 Å². The van der Waals surface area contributed by atoms with Crippen LogP contribution in [0.2, 0.25) is 0 Å². The lowest BCUT2D eigenvalue weighted by Gasteiger charge is -2.17. The second-order valence-corrected chi connectivity index (χ2v) is 6.19. The lowest BCUT2D eigenvalue weighted by molar-refractivity contribution is -0.121. The van der Waals surface area contributed by atoms with Crippen LogP contribution in [0.4, 0.5) is 0 Å². The quantitative estimate of drug-likeness (QED) is 0.713. The number of methoxy groups -OCH3 is 1. The molecule has 0 radical (unpaired) electrons. The van der Waals surface area contributed by atoms with Crippen molar-refractivity contribution in [3.63, 3.8) is 0 Å². The summed E-state index contributed by atoms with van der Waals surface area (Å²) in [6, 6.07) is 8.10. The third kappa shape index (κ3) is 5.34. The van der Waals surface area contributed by atoms with E-state index in [1.165, 1.54) is 18.4 Å². The summed E-state index contributed by atoms with van der Waals surface area (Å²) in [6.45, 7) is 5.14. The van der Waals surface area contributed by atoms with Crippen LogP contribution in [0.1, 0.15) is 44.6 Å². The summed E-state index contributed by atoms with van der Waals surface area (Å²) in [7, 11) is 1.67. The van der Waals surface area contributed by atoms with Gasteiger partial charge in [0.05, 0.1) is 19.8 Å². The minimum atomic E-state index is 0.111. The Labute approximate surface area is 133 Å². The van der Waals surface area contributed by atoms with Gasteiger partial charge in [-0.2, -0.15) is 0 Å². The standard InChI is InChI=1S/C18H27NO3/c1-13(2)22-11-10-19-18(20)12-17(14-4-5-14)15-6-8-16(21-3)9-7-15/h6-9,13-14,17H,4-5,10-12H2,1-3H3,(H,19,20). The lowest BCUT2D eigenvalue weighted by Crippen LogP contribution is -2.29. The maximum atomic E-state index is 12.1. The Balaban J connectivity index is 1.84. The van der Waals surface area contributed by atoms with E-state index in [1.54, 1.807) is 7.11 Å². The van der Waals surface area contributed by atoms with Crippen LogP contribution < -0.4 is 10.1 Å². The normalized spacial score (nSPS) is 15.6. The first-order valence-corrected chi connectivity index (χ1v) is 8.12. The van der Waals surface area contributed by atoms with E-state index in [0.717, 1.165) is 5.75 Å². The molecule has 2 rings (SSSR count). The Morgan fingerprint density at radius 3 is 2.50 bits per heavy atom. The molecule has 1 aromatic rings. The molecule has 4 nitrogen and oxygen atoms in total. The van der Waals surface area contributed by atoms with Gasteiger partial charge in [0, 0.05) is 13.0 Å². The number of amides is 1. The molecule has 1 N–H and O–H groups in total. The van der Waals surface area contributed by atoms with Gasteiger partial charge in [0.1, 0.15) is 5.75 Å². The first-order valence-electron chi connectivity index (χ1n) is 8.12. The average Bonchev–Trinajstić information content (AvgIpc) is 3.34. The number of carbonyl (C=O) groups is 1. The van der Waals surface area contributed by atoms with Gasteiger partial charge in [0.15, 0.2) is 0 Å². The van der Waals surface area contributed by atoms with E-state index in [2.05, 4.69) is 17.4 Å². The van der Waals surface area contributed by atoms with Crippen molar-refractivity contribution in [1.82, 2.24) is 5.32 Å². The molecule has 1 unspecified atom stereocenters. The summed E-state index contributed by atoms with van der Waals surface area (Å²) >= 11 is 0. The van der Waals surface area contributed by atoms with Crippen LogP contribution >= 0.6 is 0 Å². The maximum Gasteiger partial charge on any atom is 0.220 e. The van der Waals surface area contributed by atoms with Crippen molar-refractivity contribution in [2.45, 2.75) is 45.1 Å². The van der Waals surface area contributed by atoms with Gasteiger partial charge in [0.2, 0.25) is 5.91 Å². The largest absolute Gasteiger partial charge is 0.497 e. The molecule has 1 atom stereocenters. The van der Waals surface area contributed by atoms with Crippen LogP contribution in [-0.2, 0) is 9.53 Å². The second-order valence-electron chi connectivity index (χ2n) is 6.19. The molecule has 4 heteroatoms. The van der Waals surface area contributed by atoms with Crippen LogP contribution in [0, 0.1) is 5.92 Å². The van der Waals surface area contributed by atoms with Gasteiger partial charge in [-0.05, 0) is 56.2 Å². The third-order valence-corrected chi connectivity index (χ3v) is 4.02. The Kier molecular flexibility index (Phi) is 6.25. The molecule has 0 heterocycles. The molecule has 122 valence electrons. The van der Waals surface area contributed by atoms with Crippen LogP contribution in [0.25, 0.3) is 0 Å². The molecule has 0 aromatic heterocycles. The molecule has 1 aliphatic rings. The van der Waals surface area contributed by atoms with E-state index in [-0.39, 0.29) is 12.0 Å². The van der Waals surface area contributed by atoms with E-state index in [4.69, 9.17) is 9.47 Å². The monoisotopic (exact) mass is 305 g/mol. The number of hydrogen-bond donors (Lipinski definition) is 1. The van der Waals surface area contributed by atoms with Crippen molar-refractivity contribution in [2.24, 2.45) is 5.92 Å². The minimum absolute atomic E-state index is 0.111. The van der Waals surface area contributed by atoms with E-state index >= 15 is 0 Å².